The second-order valence-corrected chi connectivity index (χ2v) is 15.3. The van der Waals surface area contributed by atoms with E-state index in [2.05, 4.69) is 38.2 Å². The van der Waals surface area contributed by atoms with E-state index in [-0.39, 0.29) is 32.2 Å². The van der Waals surface area contributed by atoms with Gasteiger partial charge in [-0.05, 0) is 44.9 Å². The lowest BCUT2D eigenvalue weighted by molar-refractivity contribution is -0.870. The Bertz CT molecular complexity index is 913. The molecule has 0 aliphatic carbocycles. The zero-order valence-corrected chi connectivity index (χ0v) is 34.2. The van der Waals surface area contributed by atoms with Gasteiger partial charge in [-0.3, -0.25) is 9.59 Å². The fourth-order valence-electron chi connectivity index (χ4n) is 5.63. The van der Waals surface area contributed by atoms with Crippen LogP contribution in [0.1, 0.15) is 174 Å². The number of carbonyl (C=O) groups is 3. The highest BCUT2D eigenvalue weighted by Gasteiger charge is 2.25. The molecule has 0 radical (unpaired) electrons. The van der Waals surface area contributed by atoms with Gasteiger partial charge in [0.25, 0.3) is 6.29 Å². The molecule has 0 amide bonds. The number of nitrogens with zero attached hydrogens (tertiary/aromatic N) is 1. The summed E-state index contributed by atoms with van der Waals surface area (Å²) in [6, 6.07) is 0. The van der Waals surface area contributed by atoms with Crippen molar-refractivity contribution in [3.63, 3.8) is 0 Å². The molecular weight excluding hydrogens is 658 g/mol. The summed E-state index contributed by atoms with van der Waals surface area (Å²) in [7, 11) is 5.94. The second kappa shape index (κ2) is 35.8. The van der Waals surface area contributed by atoms with Gasteiger partial charge in [0.05, 0.1) is 34.4 Å². The zero-order valence-electron chi connectivity index (χ0n) is 34.2. The van der Waals surface area contributed by atoms with Gasteiger partial charge < -0.3 is 28.5 Å². The molecule has 0 fully saturated rings. The van der Waals surface area contributed by atoms with Gasteiger partial charge in [0.2, 0.25) is 0 Å². The summed E-state index contributed by atoms with van der Waals surface area (Å²) in [5, 5.41) is 9.60. The summed E-state index contributed by atoms with van der Waals surface area (Å²) in [5.74, 6) is -2.02. The molecule has 9 heteroatoms. The van der Waals surface area contributed by atoms with Crippen LogP contribution in [0.15, 0.2) is 24.3 Å². The van der Waals surface area contributed by atoms with E-state index in [1.54, 1.807) is 0 Å². The molecule has 0 heterocycles. The van der Waals surface area contributed by atoms with Crippen LogP contribution in [0.25, 0.3) is 0 Å². The molecule has 0 aliphatic rings. The Labute approximate surface area is 318 Å². The predicted molar refractivity (Wildman–Crippen MR) is 212 cm³/mol. The molecule has 1 N–H and O–H groups in total. The van der Waals surface area contributed by atoms with Gasteiger partial charge in [-0.2, -0.15) is 0 Å². The highest BCUT2D eigenvalue weighted by molar-refractivity contribution is 5.71. The minimum Gasteiger partial charge on any atom is -0.477 e. The van der Waals surface area contributed by atoms with E-state index in [1.165, 1.54) is 89.9 Å². The molecule has 52 heavy (non-hydrogen) atoms. The summed E-state index contributed by atoms with van der Waals surface area (Å²) in [4.78, 5) is 36.9. The van der Waals surface area contributed by atoms with E-state index in [4.69, 9.17) is 18.9 Å². The van der Waals surface area contributed by atoms with Crippen molar-refractivity contribution >= 4 is 17.9 Å². The molecule has 0 saturated heterocycles. The molecule has 0 aliphatic heterocycles. The van der Waals surface area contributed by atoms with Crippen LogP contribution in [0, 0.1) is 0 Å². The highest BCUT2D eigenvalue weighted by Crippen LogP contribution is 2.13. The first kappa shape index (κ1) is 49.8. The van der Waals surface area contributed by atoms with Gasteiger partial charge in [0.15, 0.2) is 6.10 Å². The summed E-state index contributed by atoms with van der Waals surface area (Å²) >= 11 is 0. The van der Waals surface area contributed by atoms with Crippen LogP contribution in [-0.4, -0.2) is 87.4 Å². The third kappa shape index (κ3) is 36.1. The molecule has 0 spiro atoms. The van der Waals surface area contributed by atoms with Crippen molar-refractivity contribution in [3.05, 3.63) is 24.3 Å². The number of carbonyl (C=O) groups excluding carboxylic acids is 2. The van der Waals surface area contributed by atoms with Crippen LogP contribution in [0.4, 0.5) is 0 Å². The summed E-state index contributed by atoms with van der Waals surface area (Å²) in [6.45, 7) is 4.81. The lowest BCUT2D eigenvalue weighted by Gasteiger charge is -2.25. The Morgan fingerprint density at radius 3 is 1.54 bits per heavy atom. The van der Waals surface area contributed by atoms with Gasteiger partial charge in [-0.15, -0.1) is 0 Å². The molecule has 0 aromatic rings. The van der Waals surface area contributed by atoms with Gasteiger partial charge in [-0.25, -0.2) is 4.79 Å². The van der Waals surface area contributed by atoms with Crippen LogP contribution in [-0.2, 0) is 33.3 Å². The molecule has 0 aromatic heterocycles. The maximum absolute atomic E-state index is 12.7. The second-order valence-electron chi connectivity index (χ2n) is 15.3. The Hall–Kier alpha value is -2.23. The number of hydrogen-bond donors (Lipinski definition) is 1. The van der Waals surface area contributed by atoms with Crippen molar-refractivity contribution in [1.82, 2.24) is 0 Å². The number of aliphatic carboxylic acids is 1. The smallest absolute Gasteiger partial charge is 0.361 e. The van der Waals surface area contributed by atoms with Gasteiger partial charge in [0.1, 0.15) is 13.2 Å². The minimum absolute atomic E-state index is 0.182. The quantitative estimate of drug-likeness (QED) is 0.0219. The number of carboxylic acid groups (broad SMARTS) is 1. The topological polar surface area (TPSA) is 108 Å². The van der Waals surface area contributed by atoms with Crippen molar-refractivity contribution in [2.24, 2.45) is 0 Å². The lowest BCUT2D eigenvalue weighted by atomic mass is 10.1. The van der Waals surface area contributed by atoms with E-state index < -0.39 is 24.3 Å². The minimum atomic E-state index is -1.51. The predicted octanol–water partition coefficient (Wildman–Crippen LogP) is 10.5. The summed E-state index contributed by atoms with van der Waals surface area (Å²) in [6.07, 6.45) is 33.8. The van der Waals surface area contributed by atoms with Crippen LogP contribution in [0.3, 0.4) is 0 Å². The molecule has 0 bridgehead atoms. The van der Waals surface area contributed by atoms with Crippen LogP contribution in [0.2, 0.25) is 0 Å². The standard InChI is InChI=1S/C43H79NO8/c1-6-8-10-12-14-16-17-18-19-20-21-22-23-24-26-28-30-32-34-41(46)52-39(38-51-43(42(47)48)49-36-35-44(3,4)5)37-50-40(45)33-31-29-27-25-15-13-11-9-7-2/h16-17,19-20,39,43H,6-15,18,21-38H2,1-5H3/p+1/b17-16-,20-19-. The lowest BCUT2D eigenvalue weighted by Crippen LogP contribution is -2.40. The van der Waals surface area contributed by atoms with Crippen molar-refractivity contribution in [2.45, 2.75) is 187 Å². The van der Waals surface area contributed by atoms with Gasteiger partial charge in [-0.1, -0.05) is 141 Å². The first-order valence-electron chi connectivity index (χ1n) is 21.0. The number of ether oxygens (including phenoxy) is 4. The van der Waals surface area contributed by atoms with E-state index in [1.807, 2.05) is 21.1 Å². The third-order valence-electron chi connectivity index (χ3n) is 8.96. The molecule has 2 atom stereocenters. The molecule has 0 rings (SSSR count). The number of esters is 2. The van der Waals surface area contributed by atoms with E-state index in [0.717, 1.165) is 51.4 Å². The van der Waals surface area contributed by atoms with Gasteiger partial charge >= 0.3 is 17.9 Å². The Balaban J connectivity index is 4.44. The number of allylic oxidation sites excluding steroid dienone is 4. The van der Waals surface area contributed by atoms with Crippen LogP contribution >= 0.6 is 0 Å². The van der Waals surface area contributed by atoms with E-state index in [0.29, 0.717) is 23.9 Å². The van der Waals surface area contributed by atoms with Gasteiger partial charge in [0, 0.05) is 12.8 Å². The van der Waals surface area contributed by atoms with Crippen molar-refractivity contribution in [1.29, 1.82) is 0 Å². The average Bonchev–Trinajstić information content (AvgIpc) is 3.09. The largest absolute Gasteiger partial charge is 0.477 e. The number of unbranched alkanes of at least 4 members (excludes halogenated alkanes) is 19. The summed E-state index contributed by atoms with van der Waals surface area (Å²) in [5.41, 5.74) is 0. The summed E-state index contributed by atoms with van der Waals surface area (Å²) < 4.78 is 22.6. The Morgan fingerprint density at radius 2 is 1.04 bits per heavy atom. The molecule has 304 valence electrons. The monoisotopic (exact) mass is 739 g/mol. The fraction of sp³-hybridized carbons (Fsp3) is 0.837. The maximum Gasteiger partial charge on any atom is 0.361 e. The average molecular weight is 739 g/mol. The number of carboxylic acids is 1. The Kier molecular flexibility index (Phi) is 34.2. The van der Waals surface area contributed by atoms with Crippen LogP contribution in [0.5, 0.6) is 0 Å². The third-order valence-corrected chi connectivity index (χ3v) is 8.96. The van der Waals surface area contributed by atoms with E-state index in [9.17, 15) is 19.5 Å². The van der Waals surface area contributed by atoms with Crippen molar-refractivity contribution < 1.29 is 42.9 Å². The fourth-order valence-corrected chi connectivity index (χ4v) is 5.63. The SMILES string of the molecule is CCCCCC/C=C\C/C=C\CCCCCCCCCC(=O)OC(COC(=O)CCCCCCCCCCC)COC(OCC[N+](C)(C)C)C(=O)O. The first-order chi connectivity index (χ1) is 25.1. The van der Waals surface area contributed by atoms with E-state index >= 15 is 0 Å². The first-order valence-corrected chi connectivity index (χ1v) is 21.0. The molecular formula is C43H80NO8+. The molecule has 9 nitrogen and oxygen atoms in total. The highest BCUT2D eigenvalue weighted by atomic mass is 16.7. The molecule has 2 unspecified atom stereocenters. The number of hydrogen-bond acceptors (Lipinski definition) is 7. The van der Waals surface area contributed by atoms with Crippen molar-refractivity contribution in [3.8, 4) is 0 Å². The van der Waals surface area contributed by atoms with Crippen LogP contribution < -0.4 is 0 Å². The number of rotatable bonds is 38. The Morgan fingerprint density at radius 1 is 0.577 bits per heavy atom. The maximum atomic E-state index is 12.7. The molecule has 0 saturated carbocycles. The zero-order chi connectivity index (χ0) is 38.5. The van der Waals surface area contributed by atoms with Crippen molar-refractivity contribution in [2.75, 3.05) is 47.5 Å². The molecule has 0 aromatic carbocycles. The number of quaternary nitrogens is 1. The number of likely N-dealkylation sites (N-methyl/N-ethyl adjacent to an activating group) is 1. The normalized spacial score (nSPS) is 13.2.